The molecule has 3 heterocycles. The summed E-state index contributed by atoms with van der Waals surface area (Å²) in [6, 6.07) is 0. The van der Waals surface area contributed by atoms with Crippen molar-refractivity contribution in [3.63, 3.8) is 0 Å². The van der Waals surface area contributed by atoms with Gasteiger partial charge in [-0.15, -0.1) is 0 Å². The number of piperidine rings is 1. The van der Waals surface area contributed by atoms with E-state index < -0.39 is 0 Å². The summed E-state index contributed by atoms with van der Waals surface area (Å²) in [5.74, 6) is 2.17. The number of hydrogen-bond acceptors (Lipinski definition) is 5. The van der Waals surface area contributed by atoms with Crippen LogP contribution in [0.3, 0.4) is 0 Å². The first-order valence-corrected chi connectivity index (χ1v) is 8.97. The molecule has 1 aromatic heterocycles. The first kappa shape index (κ1) is 17.4. The topological polar surface area (TPSA) is 58.8 Å². The van der Waals surface area contributed by atoms with E-state index in [1.807, 2.05) is 11.1 Å². The van der Waals surface area contributed by atoms with Crippen LogP contribution >= 0.6 is 0 Å². The number of carbonyl (C=O) groups is 1. The summed E-state index contributed by atoms with van der Waals surface area (Å²) in [7, 11) is 0. The molecule has 0 aliphatic carbocycles. The molecule has 0 aromatic carbocycles. The molecule has 3 rings (SSSR count). The number of likely N-dealkylation sites (tertiary alicyclic amines) is 1. The molecule has 0 saturated carbocycles. The number of carbonyl (C=O) groups excluding carboxylic acids is 1. The Balaban J connectivity index is 1.48. The zero-order chi connectivity index (χ0) is 17.2. The van der Waals surface area contributed by atoms with E-state index in [4.69, 9.17) is 9.15 Å². The summed E-state index contributed by atoms with van der Waals surface area (Å²) in [6.07, 6.45) is 3.68. The first-order chi connectivity index (χ1) is 11.4. The van der Waals surface area contributed by atoms with Crippen LogP contribution < -0.4 is 0 Å². The number of morpholine rings is 1. The van der Waals surface area contributed by atoms with Crippen molar-refractivity contribution in [2.45, 2.75) is 45.6 Å². The van der Waals surface area contributed by atoms with E-state index in [2.05, 4.69) is 30.7 Å². The van der Waals surface area contributed by atoms with Gasteiger partial charge in [-0.05, 0) is 25.9 Å². The van der Waals surface area contributed by atoms with Gasteiger partial charge in [-0.1, -0.05) is 20.8 Å². The van der Waals surface area contributed by atoms with Crippen LogP contribution in [0.2, 0.25) is 0 Å². The highest BCUT2D eigenvalue weighted by Crippen LogP contribution is 2.25. The smallest absolute Gasteiger partial charge is 0.225 e. The minimum atomic E-state index is -0.0111. The predicted molar refractivity (Wildman–Crippen MR) is 90.6 cm³/mol. The molecule has 0 bridgehead atoms. The number of aromatic nitrogens is 1. The van der Waals surface area contributed by atoms with E-state index in [-0.39, 0.29) is 11.3 Å². The summed E-state index contributed by atoms with van der Waals surface area (Å²) in [5.41, 5.74) is -0.0111. The van der Waals surface area contributed by atoms with Gasteiger partial charge in [0.1, 0.15) is 5.76 Å². The van der Waals surface area contributed by atoms with Crippen molar-refractivity contribution in [1.29, 1.82) is 0 Å². The third kappa shape index (κ3) is 4.16. The van der Waals surface area contributed by atoms with Gasteiger partial charge in [0.2, 0.25) is 11.8 Å². The molecule has 0 atom stereocenters. The summed E-state index contributed by atoms with van der Waals surface area (Å²) in [4.78, 5) is 21.3. The van der Waals surface area contributed by atoms with Gasteiger partial charge in [0, 0.05) is 24.4 Å². The zero-order valence-electron chi connectivity index (χ0n) is 15.1. The van der Waals surface area contributed by atoms with Crippen LogP contribution in [-0.4, -0.2) is 60.1 Å². The highest BCUT2D eigenvalue weighted by molar-refractivity contribution is 5.79. The summed E-state index contributed by atoms with van der Waals surface area (Å²) in [5, 5.41) is 0. The summed E-state index contributed by atoms with van der Waals surface area (Å²) >= 11 is 0. The molecule has 0 spiro atoms. The minimum Gasteiger partial charge on any atom is -0.444 e. The van der Waals surface area contributed by atoms with Crippen molar-refractivity contribution in [2.75, 3.05) is 39.4 Å². The van der Waals surface area contributed by atoms with Gasteiger partial charge >= 0.3 is 0 Å². The van der Waals surface area contributed by atoms with Gasteiger partial charge < -0.3 is 14.1 Å². The Hall–Kier alpha value is -1.40. The maximum atomic E-state index is 12.6. The average molecular weight is 335 g/mol. The molecule has 6 nitrogen and oxygen atoms in total. The predicted octanol–water partition coefficient (Wildman–Crippen LogP) is 2.04. The van der Waals surface area contributed by atoms with Crippen molar-refractivity contribution in [1.82, 2.24) is 14.8 Å². The molecule has 2 aliphatic heterocycles. The van der Waals surface area contributed by atoms with Gasteiger partial charge in [0.05, 0.1) is 26.0 Å². The van der Waals surface area contributed by atoms with Crippen LogP contribution in [0.5, 0.6) is 0 Å². The van der Waals surface area contributed by atoms with Crippen molar-refractivity contribution >= 4 is 5.91 Å². The van der Waals surface area contributed by atoms with E-state index in [0.29, 0.717) is 19.1 Å². The fourth-order valence-electron chi connectivity index (χ4n) is 3.30. The number of nitrogens with zero attached hydrogens (tertiary/aromatic N) is 3. The Morgan fingerprint density at radius 3 is 2.46 bits per heavy atom. The molecule has 0 radical (unpaired) electrons. The van der Waals surface area contributed by atoms with Gasteiger partial charge in [-0.25, -0.2) is 4.98 Å². The van der Waals surface area contributed by atoms with E-state index >= 15 is 0 Å². The lowest BCUT2D eigenvalue weighted by molar-refractivity contribution is -0.141. The number of rotatable bonds is 3. The van der Waals surface area contributed by atoms with E-state index in [1.54, 1.807) is 0 Å². The quantitative estimate of drug-likeness (QED) is 0.846. The van der Waals surface area contributed by atoms with Crippen LogP contribution in [0.4, 0.5) is 0 Å². The van der Waals surface area contributed by atoms with Gasteiger partial charge in [-0.3, -0.25) is 9.69 Å². The Morgan fingerprint density at radius 2 is 1.88 bits per heavy atom. The van der Waals surface area contributed by atoms with Gasteiger partial charge in [-0.2, -0.15) is 0 Å². The molecule has 2 aliphatic rings. The van der Waals surface area contributed by atoms with Crippen molar-refractivity contribution < 1.29 is 13.9 Å². The maximum absolute atomic E-state index is 12.6. The molecule has 0 N–H and O–H groups in total. The number of hydrogen-bond donors (Lipinski definition) is 0. The lowest BCUT2D eigenvalue weighted by Gasteiger charge is -2.35. The summed E-state index contributed by atoms with van der Waals surface area (Å²) < 4.78 is 11.2. The van der Waals surface area contributed by atoms with E-state index in [0.717, 1.165) is 57.2 Å². The molecule has 134 valence electrons. The number of ether oxygens (including phenoxy) is 1. The van der Waals surface area contributed by atoms with Crippen molar-refractivity contribution in [2.24, 2.45) is 5.92 Å². The monoisotopic (exact) mass is 335 g/mol. The lowest BCUT2D eigenvalue weighted by atomic mass is 9.94. The Kier molecular flexibility index (Phi) is 5.25. The second kappa shape index (κ2) is 7.23. The van der Waals surface area contributed by atoms with Gasteiger partial charge in [0.25, 0.3) is 0 Å². The van der Waals surface area contributed by atoms with Crippen molar-refractivity contribution in [3.05, 3.63) is 17.8 Å². The molecular weight excluding hydrogens is 306 g/mol. The molecule has 0 unspecified atom stereocenters. The van der Waals surface area contributed by atoms with Crippen LogP contribution in [-0.2, 0) is 21.5 Å². The Labute approximate surface area is 144 Å². The van der Waals surface area contributed by atoms with Crippen LogP contribution in [0.25, 0.3) is 0 Å². The largest absolute Gasteiger partial charge is 0.444 e. The molecule has 2 saturated heterocycles. The standard InChI is InChI=1S/C18H29N3O3/c1-18(2,3)15-12-19-16(24-15)13-20-6-4-14(5-7-20)17(22)21-8-10-23-11-9-21/h12,14H,4-11,13H2,1-3H3. The molecule has 1 aromatic rings. The molecule has 2 fully saturated rings. The van der Waals surface area contributed by atoms with Gasteiger partial charge in [0.15, 0.2) is 0 Å². The molecule has 1 amide bonds. The second-order valence-electron chi connectivity index (χ2n) is 7.86. The first-order valence-electron chi connectivity index (χ1n) is 8.97. The average Bonchev–Trinajstić information content (AvgIpc) is 3.05. The molecule has 24 heavy (non-hydrogen) atoms. The summed E-state index contributed by atoms with van der Waals surface area (Å²) in [6.45, 7) is 11.8. The lowest BCUT2D eigenvalue weighted by Crippen LogP contribution is -2.46. The van der Waals surface area contributed by atoms with Crippen LogP contribution in [0.1, 0.15) is 45.3 Å². The van der Waals surface area contributed by atoms with E-state index in [1.165, 1.54) is 0 Å². The highest BCUT2D eigenvalue weighted by atomic mass is 16.5. The van der Waals surface area contributed by atoms with Crippen molar-refractivity contribution in [3.8, 4) is 0 Å². The number of oxazole rings is 1. The normalized spacial score (nSPS) is 21.2. The van der Waals surface area contributed by atoms with Crippen LogP contribution in [0, 0.1) is 5.92 Å². The van der Waals surface area contributed by atoms with E-state index in [9.17, 15) is 4.79 Å². The molecule has 6 heteroatoms. The third-order valence-electron chi connectivity index (χ3n) is 4.91. The third-order valence-corrected chi connectivity index (χ3v) is 4.91. The Morgan fingerprint density at radius 1 is 1.21 bits per heavy atom. The fourth-order valence-corrected chi connectivity index (χ4v) is 3.30. The zero-order valence-corrected chi connectivity index (χ0v) is 15.1. The SMILES string of the molecule is CC(C)(C)c1cnc(CN2CCC(C(=O)N3CCOCC3)CC2)o1. The second-order valence-corrected chi connectivity index (χ2v) is 7.86. The minimum absolute atomic E-state index is 0.0111. The molecular formula is C18H29N3O3. The Bertz CT molecular complexity index is 550. The highest BCUT2D eigenvalue weighted by Gasteiger charge is 2.30. The maximum Gasteiger partial charge on any atom is 0.225 e. The van der Waals surface area contributed by atoms with Crippen LogP contribution in [0.15, 0.2) is 10.6 Å². The number of amides is 1. The fraction of sp³-hybridized carbons (Fsp3) is 0.778.